The van der Waals surface area contributed by atoms with E-state index in [1.54, 1.807) is 6.07 Å². The van der Waals surface area contributed by atoms with Crippen molar-refractivity contribution < 1.29 is 19.1 Å². The van der Waals surface area contributed by atoms with Crippen LogP contribution in [0.3, 0.4) is 0 Å². The minimum Gasteiger partial charge on any atom is -0.486 e. The molecule has 144 valence electrons. The summed E-state index contributed by atoms with van der Waals surface area (Å²) < 4.78 is 11.1. The van der Waals surface area contributed by atoms with E-state index in [0.29, 0.717) is 29.6 Å². The predicted molar refractivity (Wildman–Crippen MR) is 104 cm³/mol. The lowest BCUT2D eigenvalue weighted by Gasteiger charge is -2.25. The molecule has 0 bridgehead atoms. The van der Waals surface area contributed by atoms with Crippen LogP contribution in [-0.2, 0) is 4.79 Å². The molecule has 0 saturated heterocycles. The summed E-state index contributed by atoms with van der Waals surface area (Å²) in [7, 11) is 0. The maximum absolute atomic E-state index is 12.8. The standard InChI is InChI=1S/C20H24N2O4S/c1-12(2)18(22-19(23)17-5-4-10-27-17)20(24)21-13(3)14-6-7-15-16(11-14)26-9-8-25-15/h4-7,10-13,18H,8-9H2,1-3H3,(H,21,24)(H,22,23)/t13-,18-/m0/s1. The number of ether oxygens (including phenoxy) is 2. The van der Waals surface area contributed by atoms with Crippen molar-refractivity contribution in [3.8, 4) is 11.5 Å². The second kappa shape index (κ2) is 8.43. The monoisotopic (exact) mass is 388 g/mol. The second-order valence-electron chi connectivity index (χ2n) is 6.81. The van der Waals surface area contributed by atoms with E-state index in [-0.39, 0.29) is 23.8 Å². The Morgan fingerprint density at radius 3 is 2.44 bits per heavy atom. The Kier molecular flexibility index (Phi) is 6.01. The molecular weight excluding hydrogens is 364 g/mol. The largest absolute Gasteiger partial charge is 0.486 e. The molecule has 0 unspecified atom stereocenters. The highest BCUT2D eigenvalue weighted by molar-refractivity contribution is 7.12. The zero-order valence-electron chi connectivity index (χ0n) is 15.7. The summed E-state index contributed by atoms with van der Waals surface area (Å²) in [6.45, 7) is 6.78. The van der Waals surface area contributed by atoms with E-state index < -0.39 is 6.04 Å². The SMILES string of the molecule is CC(C)[C@H](NC(=O)c1cccs1)C(=O)N[C@@H](C)c1ccc2c(c1)OCCO2. The number of nitrogens with one attached hydrogen (secondary N) is 2. The fraction of sp³-hybridized carbons (Fsp3) is 0.400. The highest BCUT2D eigenvalue weighted by atomic mass is 32.1. The average Bonchev–Trinajstić information content (AvgIpc) is 3.20. The summed E-state index contributed by atoms with van der Waals surface area (Å²) in [5, 5.41) is 7.67. The highest BCUT2D eigenvalue weighted by Crippen LogP contribution is 2.32. The summed E-state index contributed by atoms with van der Waals surface area (Å²) in [5.41, 5.74) is 0.916. The molecular formula is C20H24N2O4S. The topological polar surface area (TPSA) is 76.7 Å². The average molecular weight is 388 g/mol. The molecule has 2 aromatic rings. The van der Waals surface area contributed by atoms with E-state index in [1.807, 2.05) is 50.4 Å². The van der Waals surface area contributed by atoms with Crippen molar-refractivity contribution in [1.82, 2.24) is 10.6 Å². The van der Waals surface area contributed by atoms with Crippen molar-refractivity contribution in [1.29, 1.82) is 0 Å². The number of hydrogen-bond donors (Lipinski definition) is 2. The molecule has 7 heteroatoms. The summed E-state index contributed by atoms with van der Waals surface area (Å²) >= 11 is 1.35. The lowest BCUT2D eigenvalue weighted by molar-refractivity contribution is -0.124. The van der Waals surface area contributed by atoms with Gasteiger partial charge in [-0.3, -0.25) is 9.59 Å². The number of benzene rings is 1. The van der Waals surface area contributed by atoms with Crippen LogP contribution in [0.5, 0.6) is 11.5 Å². The summed E-state index contributed by atoms with van der Waals surface area (Å²) in [6, 6.07) is 8.36. The molecule has 2 atom stereocenters. The third-order valence-electron chi connectivity index (χ3n) is 4.41. The van der Waals surface area contributed by atoms with E-state index >= 15 is 0 Å². The van der Waals surface area contributed by atoms with Gasteiger partial charge >= 0.3 is 0 Å². The Morgan fingerprint density at radius 2 is 1.78 bits per heavy atom. The molecule has 2 amide bonds. The van der Waals surface area contributed by atoms with Gasteiger partial charge in [-0.15, -0.1) is 11.3 Å². The minimum atomic E-state index is -0.612. The summed E-state index contributed by atoms with van der Waals surface area (Å²) in [5.74, 6) is 0.919. The van der Waals surface area contributed by atoms with Crippen LogP contribution in [0, 0.1) is 5.92 Å². The Morgan fingerprint density at radius 1 is 1.04 bits per heavy atom. The van der Waals surface area contributed by atoms with E-state index in [0.717, 1.165) is 5.56 Å². The Labute approximate surface area is 162 Å². The van der Waals surface area contributed by atoms with Gasteiger partial charge in [-0.2, -0.15) is 0 Å². The van der Waals surface area contributed by atoms with Gasteiger partial charge in [0.1, 0.15) is 19.3 Å². The predicted octanol–water partition coefficient (Wildman–Crippen LogP) is 3.15. The van der Waals surface area contributed by atoms with Crippen molar-refractivity contribution in [2.75, 3.05) is 13.2 Å². The molecule has 1 aliphatic heterocycles. The van der Waals surface area contributed by atoms with Crippen LogP contribution < -0.4 is 20.1 Å². The van der Waals surface area contributed by atoms with Crippen molar-refractivity contribution in [2.24, 2.45) is 5.92 Å². The van der Waals surface area contributed by atoms with Gasteiger partial charge in [-0.1, -0.05) is 26.0 Å². The molecule has 6 nitrogen and oxygen atoms in total. The molecule has 1 aromatic carbocycles. The molecule has 27 heavy (non-hydrogen) atoms. The van der Waals surface area contributed by atoms with Gasteiger partial charge in [0.15, 0.2) is 11.5 Å². The van der Waals surface area contributed by atoms with Gasteiger partial charge in [0, 0.05) is 0 Å². The third-order valence-corrected chi connectivity index (χ3v) is 5.27. The van der Waals surface area contributed by atoms with E-state index in [9.17, 15) is 9.59 Å². The zero-order valence-corrected chi connectivity index (χ0v) is 16.5. The summed E-state index contributed by atoms with van der Waals surface area (Å²) in [6.07, 6.45) is 0. The van der Waals surface area contributed by atoms with Crippen LogP contribution >= 0.6 is 11.3 Å². The maximum atomic E-state index is 12.8. The lowest BCUT2D eigenvalue weighted by atomic mass is 10.0. The molecule has 0 radical (unpaired) electrons. The Hall–Kier alpha value is -2.54. The number of fused-ring (bicyclic) bond motifs is 1. The molecule has 1 aliphatic rings. The van der Waals surface area contributed by atoms with Crippen LogP contribution in [0.4, 0.5) is 0 Å². The molecule has 2 heterocycles. The molecule has 0 saturated carbocycles. The lowest BCUT2D eigenvalue weighted by Crippen LogP contribution is -2.50. The first-order chi connectivity index (χ1) is 13.0. The minimum absolute atomic E-state index is 0.0404. The number of hydrogen-bond acceptors (Lipinski definition) is 5. The van der Waals surface area contributed by atoms with Crippen molar-refractivity contribution in [3.05, 3.63) is 46.2 Å². The number of thiophene rings is 1. The second-order valence-corrected chi connectivity index (χ2v) is 7.75. The van der Waals surface area contributed by atoms with Gasteiger partial charge in [0.05, 0.1) is 10.9 Å². The first-order valence-corrected chi connectivity index (χ1v) is 9.88. The van der Waals surface area contributed by atoms with Crippen molar-refractivity contribution in [3.63, 3.8) is 0 Å². The fourth-order valence-electron chi connectivity index (χ4n) is 2.87. The first-order valence-electron chi connectivity index (χ1n) is 9.00. The summed E-state index contributed by atoms with van der Waals surface area (Å²) in [4.78, 5) is 25.7. The fourth-order valence-corrected chi connectivity index (χ4v) is 3.50. The van der Waals surface area contributed by atoms with E-state index in [4.69, 9.17) is 9.47 Å². The molecule has 0 fully saturated rings. The van der Waals surface area contributed by atoms with Gasteiger partial charge in [0.2, 0.25) is 5.91 Å². The van der Waals surface area contributed by atoms with Crippen molar-refractivity contribution in [2.45, 2.75) is 32.9 Å². The Bertz CT molecular complexity index is 804. The molecule has 0 spiro atoms. The van der Waals surface area contributed by atoms with Crippen LogP contribution in [-0.4, -0.2) is 31.1 Å². The quantitative estimate of drug-likeness (QED) is 0.797. The third kappa shape index (κ3) is 4.60. The molecule has 0 aliphatic carbocycles. The van der Waals surface area contributed by atoms with Gasteiger partial charge in [0.25, 0.3) is 5.91 Å². The smallest absolute Gasteiger partial charge is 0.262 e. The number of amides is 2. The first kappa shape index (κ1) is 19.2. The van der Waals surface area contributed by atoms with Gasteiger partial charge < -0.3 is 20.1 Å². The van der Waals surface area contributed by atoms with Crippen LogP contribution in [0.15, 0.2) is 35.7 Å². The van der Waals surface area contributed by atoms with E-state index in [1.165, 1.54) is 11.3 Å². The van der Waals surface area contributed by atoms with Gasteiger partial charge in [-0.25, -0.2) is 0 Å². The normalized spacial score (nSPS) is 15.1. The van der Waals surface area contributed by atoms with Gasteiger partial charge in [-0.05, 0) is 42.0 Å². The Balaban J connectivity index is 1.67. The zero-order chi connectivity index (χ0) is 19.4. The molecule has 2 N–H and O–H groups in total. The van der Waals surface area contributed by atoms with Crippen LogP contribution in [0.25, 0.3) is 0 Å². The van der Waals surface area contributed by atoms with Crippen LogP contribution in [0.1, 0.15) is 42.0 Å². The number of carbonyl (C=O) groups excluding carboxylic acids is 2. The van der Waals surface area contributed by atoms with Crippen molar-refractivity contribution >= 4 is 23.2 Å². The van der Waals surface area contributed by atoms with Crippen LogP contribution in [0.2, 0.25) is 0 Å². The number of rotatable bonds is 6. The highest BCUT2D eigenvalue weighted by Gasteiger charge is 2.26. The maximum Gasteiger partial charge on any atom is 0.262 e. The molecule has 3 rings (SSSR count). The molecule has 1 aromatic heterocycles. The van der Waals surface area contributed by atoms with E-state index in [2.05, 4.69) is 10.6 Å². The number of carbonyl (C=O) groups is 2.